The van der Waals surface area contributed by atoms with E-state index >= 15 is 0 Å². The molecule has 3 saturated heterocycles. The number of fused-ring (bicyclic) bond motifs is 1. The van der Waals surface area contributed by atoms with Crippen LogP contribution in [0.3, 0.4) is 0 Å². The topological polar surface area (TPSA) is 104 Å². The third-order valence-corrected chi connectivity index (χ3v) is 8.53. The van der Waals surface area contributed by atoms with Crippen LogP contribution in [0, 0.1) is 0 Å². The van der Waals surface area contributed by atoms with Gasteiger partial charge < -0.3 is 23.3 Å². The minimum absolute atomic E-state index is 0.0438. The zero-order valence-electron chi connectivity index (χ0n) is 19.9. The largest absolute Gasteiger partial charge is 0.382 e. The highest BCUT2D eigenvalue weighted by atomic mass is 31.2. The van der Waals surface area contributed by atoms with Crippen molar-refractivity contribution in [2.75, 3.05) is 26.9 Å². The first-order valence-corrected chi connectivity index (χ1v) is 13.3. The predicted octanol–water partition coefficient (Wildman–Crippen LogP) is 2.72. The van der Waals surface area contributed by atoms with Gasteiger partial charge in [0, 0.05) is 32.0 Å². The smallest absolute Gasteiger partial charge is 0.330 e. The lowest BCUT2D eigenvalue weighted by Gasteiger charge is -2.29. The summed E-state index contributed by atoms with van der Waals surface area (Å²) in [4.78, 5) is 26.5. The number of nitrogens with one attached hydrogen (secondary N) is 1. The summed E-state index contributed by atoms with van der Waals surface area (Å²) >= 11 is 0. The van der Waals surface area contributed by atoms with Gasteiger partial charge in [-0.1, -0.05) is 37.3 Å². The Labute approximate surface area is 205 Å². The summed E-state index contributed by atoms with van der Waals surface area (Å²) in [5.74, 6) is 0. The van der Waals surface area contributed by atoms with Crippen LogP contribution in [0.1, 0.15) is 44.1 Å². The summed E-state index contributed by atoms with van der Waals surface area (Å²) < 4.78 is 34.6. The SMILES string of the molecule is CC[C@H]1O[C@@H](n2ccc(=O)[nH]c2=O)[C@@H](OCCOC)C1OP1O[C@H](c2ccccc2)[C@@H]2CCCN21. The minimum Gasteiger partial charge on any atom is -0.382 e. The van der Waals surface area contributed by atoms with Gasteiger partial charge in [-0.3, -0.25) is 14.3 Å². The number of nitrogens with zero attached hydrogens (tertiary/aromatic N) is 2. The number of benzene rings is 1. The van der Waals surface area contributed by atoms with Crippen molar-refractivity contribution in [3.05, 3.63) is 69.0 Å². The van der Waals surface area contributed by atoms with Crippen molar-refractivity contribution >= 4 is 8.53 Å². The van der Waals surface area contributed by atoms with Gasteiger partial charge in [-0.2, -0.15) is 0 Å². The van der Waals surface area contributed by atoms with Crippen molar-refractivity contribution in [1.82, 2.24) is 14.2 Å². The van der Waals surface area contributed by atoms with E-state index in [1.54, 1.807) is 7.11 Å². The van der Waals surface area contributed by atoms with Crippen LogP contribution >= 0.6 is 8.53 Å². The Morgan fingerprint density at radius 2 is 1.97 bits per heavy atom. The highest BCUT2D eigenvalue weighted by Gasteiger charge is 2.53. The molecule has 3 aliphatic rings. The summed E-state index contributed by atoms with van der Waals surface area (Å²) in [5.41, 5.74) is 0.138. The summed E-state index contributed by atoms with van der Waals surface area (Å²) in [7, 11) is 0.264. The molecule has 1 aromatic carbocycles. The van der Waals surface area contributed by atoms with Crippen LogP contribution in [-0.4, -0.2) is 65.4 Å². The minimum atomic E-state index is -1.34. The molecular formula is C24H32N3O7P. The van der Waals surface area contributed by atoms with E-state index < -0.39 is 38.2 Å². The molecule has 2 unspecified atom stereocenters. The number of hydrogen-bond acceptors (Lipinski definition) is 8. The molecule has 0 amide bonds. The molecule has 11 heteroatoms. The number of methoxy groups -OCH3 is 1. The molecule has 4 heterocycles. The first kappa shape index (κ1) is 24.8. The third kappa shape index (κ3) is 5.02. The van der Waals surface area contributed by atoms with Gasteiger partial charge in [0.15, 0.2) is 6.23 Å². The molecule has 2 aromatic rings. The lowest BCUT2D eigenvalue weighted by Crippen LogP contribution is -2.40. The monoisotopic (exact) mass is 505 g/mol. The van der Waals surface area contributed by atoms with Crippen molar-refractivity contribution in [1.29, 1.82) is 0 Å². The summed E-state index contributed by atoms with van der Waals surface area (Å²) in [6, 6.07) is 11.8. The maximum absolute atomic E-state index is 12.6. The number of H-pyrrole nitrogens is 1. The fraction of sp³-hybridized carbons (Fsp3) is 0.583. The fourth-order valence-corrected chi connectivity index (χ4v) is 7.09. The molecule has 0 saturated carbocycles. The van der Waals surface area contributed by atoms with Gasteiger partial charge in [-0.05, 0) is 24.8 Å². The van der Waals surface area contributed by atoms with Crippen molar-refractivity contribution < 1.29 is 23.3 Å². The average molecular weight is 506 g/mol. The Hall–Kier alpha value is -1.91. The molecule has 10 nitrogen and oxygen atoms in total. The molecule has 35 heavy (non-hydrogen) atoms. The highest BCUT2D eigenvalue weighted by molar-refractivity contribution is 7.45. The van der Waals surface area contributed by atoms with Gasteiger partial charge >= 0.3 is 5.69 Å². The van der Waals surface area contributed by atoms with Crippen LogP contribution in [0.25, 0.3) is 0 Å². The molecule has 0 bridgehead atoms. The quantitative estimate of drug-likeness (QED) is 0.410. The van der Waals surface area contributed by atoms with Gasteiger partial charge in [0.2, 0.25) is 0 Å². The van der Waals surface area contributed by atoms with Crippen molar-refractivity contribution in [3.63, 3.8) is 0 Å². The first-order chi connectivity index (χ1) is 17.1. The summed E-state index contributed by atoms with van der Waals surface area (Å²) in [6.45, 7) is 3.64. The normalized spacial score (nSPS) is 32.8. The van der Waals surface area contributed by atoms with Crippen molar-refractivity contribution in [2.24, 2.45) is 0 Å². The number of hydrogen-bond donors (Lipinski definition) is 1. The second-order valence-corrected chi connectivity index (χ2v) is 10.3. The van der Waals surface area contributed by atoms with Crippen LogP contribution < -0.4 is 11.2 Å². The molecule has 3 aliphatic heterocycles. The Morgan fingerprint density at radius 3 is 2.71 bits per heavy atom. The second kappa shape index (κ2) is 11.0. The van der Waals surface area contributed by atoms with E-state index in [0.717, 1.165) is 24.9 Å². The Balaban J connectivity index is 1.41. The zero-order valence-corrected chi connectivity index (χ0v) is 20.8. The number of aromatic amines is 1. The van der Waals surface area contributed by atoms with Crippen molar-refractivity contribution in [2.45, 2.75) is 62.9 Å². The molecule has 5 rings (SSSR count). The van der Waals surface area contributed by atoms with Gasteiger partial charge in [-0.25, -0.2) is 9.46 Å². The van der Waals surface area contributed by atoms with Crippen LogP contribution in [0.2, 0.25) is 0 Å². The van der Waals surface area contributed by atoms with Gasteiger partial charge in [0.1, 0.15) is 18.3 Å². The van der Waals surface area contributed by atoms with Crippen LogP contribution in [0.4, 0.5) is 0 Å². The van der Waals surface area contributed by atoms with E-state index in [1.165, 1.54) is 16.8 Å². The van der Waals surface area contributed by atoms with Gasteiger partial charge in [0.05, 0.1) is 19.3 Å². The molecule has 0 radical (unpaired) electrons. The Bertz CT molecular complexity index is 1100. The number of ether oxygens (including phenoxy) is 3. The van der Waals surface area contributed by atoms with E-state index in [2.05, 4.69) is 21.8 Å². The van der Waals surface area contributed by atoms with E-state index in [9.17, 15) is 9.59 Å². The Morgan fingerprint density at radius 1 is 1.14 bits per heavy atom. The molecular weight excluding hydrogens is 473 g/mol. The van der Waals surface area contributed by atoms with E-state index in [0.29, 0.717) is 19.6 Å². The average Bonchev–Trinajstić information content (AvgIpc) is 3.56. The lowest BCUT2D eigenvalue weighted by atomic mass is 10.0. The molecule has 0 aliphatic carbocycles. The maximum Gasteiger partial charge on any atom is 0.330 e. The number of rotatable bonds is 9. The number of aromatic nitrogens is 2. The van der Waals surface area contributed by atoms with Gasteiger partial charge in [0.25, 0.3) is 14.1 Å². The lowest BCUT2D eigenvalue weighted by molar-refractivity contribution is -0.0782. The highest BCUT2D eigenvalue weighted by Crippen LogP contribution is 2.61. The van der Waals surface area contributed by atoms with Gasteiger partial charge in [-0.15, -0.1) is 0 Å². The van der Waals surface area contributed by atoms with E-state index in [4.69, 9.17) is 23.3 Å². The van der Waals surface area contributed by atoms with E-state index in [-0.39, 0.29) is 18.2 Å². The zero-order chi connectivity index (χ0) is 24.4. The van der Waals surface area contributed by atoms with E-state index in [1.807, 2.05) is 25.1 Å². The Kier molecular flexibility index (Phi) is 7.79. The molecule has 1 aromatic heterocycles. The van der Waals surface area contributed by atoms with Crippen molar-refractivity contribution in [3.8, 4) is 0 Å². The maximum atomic E-state index is 12.6. The van der Waals surface area contributed by atoms with Crippen LogP contribution in [-0.2, 0) is 23.3 Å². The van der Waals surface area contributed by atoms with Crippen LogP contribution in [0.5, 0.6) is 0 Å². The molecule has 190 valence electrons. The molecule has 1 N–H and O–H groups in total. The molecule has 3 fully saturated rings. The summed E-state index contributed by atoms with van der Waals surface area (Å²) in [5, 5.41) is 0. The third-order valence-electron chi connectivity index (χ3n) is 6.78. The van der Waals surface area contributed by atoms with Crippen LogP contribution in [0.15, 0.2) is 52.2 Å². The first-order valence-electron chi connectivity index (χ1n) is 12.1. The predicted molar refractivity (Wildman–Crippen MR) is 129 cm³/mol. The second-order valence-electron chi connectivity index (χ2n) is 8.94. The fourth-order valence-electron chi connectivity index (χ4n) is 5.09. The molecule has 0 spiro atoms. The summed E-state index contributed by atoms with van der Waals surface area (Å²) in [6.07, 6.45) is 2.12. The molecule has 7 atom stereocenters. The standard InChI is InChI=1S/C24H32N3O7P/c1-3-18-21(22(31-15-14-30-2)23(32-18)26-13-11-19(28)25-24(26)29)34-35-27-12-7-10-17(27)20(33-35)16-8-5-4-6-9-16/h4-6,8-9,11,13,17-18,20-23H,3,7,10,12,14-15H2,1-2H3,(H,25,28,29)/t17-,18+,20+,21?,22-,23+,35?/m0/s1.